The molecular weight excluding hydrogens is 450 g/mol. The van der Waals surface area contributed by atoms with Crippen LogP contribution in [-0.2, 0) is 14.3 Å². The van der Waals surface area contributed by atoms with Gasteiger partial charge in [0.05, 0.1) is 29.7 Å². The average molecular weight is 476 g/mol. The van der Waals surface area contributed by atoms with Gasteiger partial charge in [-0.05, 0) is 41.3 Å². The summed E-state index contributed by atoms with van der Waals surface area (Å²) >= 11 is 0. The molecule has 36 heavy (non-hydrogen) atoms. The normalized spacial score (nSPS) is 23.8. The Balaban J connectivity index is 1.45. The van der Waals surface area contributed by atoms with E-state index in [0.29, 0.717) is 5.69 Å². The van der Waals surface area contributed by atoms with E-state index in [0.717, 1.165) is 22.3 Å². The van der Waals surface area contributed by atoms with Crippen LogP contribution in [0.2, 0.25) is 0 Å². The highest BCUT2D eigenvalue weighted by atomic mass is 16.5. The van der Waals surface area contributed by atoms with Crippen molar-refractivity contribution in [3.8, 4) is 0 Å². The lowest BCUT2D eigenvalue weighted by Gasteiger charge is -2.22. The van der Waals surface area contributed by atoms with Crippen molar-refractivity contribution in [1.82, 2.24) is 0 Å². The molecule has 5 nitrogen and oxygen atoms in total. The van der Waals surface area contributed by atoms with Gasteiger partial charge in [0, 0.05) is 11.8 Å². The molecule has 0 aromatic heterocycles. The summed E-state index contributed by atoms with van der Waals surface area (Å²) in [5.41, 5.74) is 4.89. The van der Waals surface area contributed by atoms with E-state index in [4.69, 9.17) is 4.74 Å². The highest BCUT2D eigenvalue weighted by Crippen LogP contribution is 2.59. The minimum Gasteiger partial charge on any atom is -0.462 e. The van der Waals surface area contributed by atoms with E-state index in [9.17, 15) is 14.4 Å². The number of para-hydroxylation sites is 1. The number of ether oxygens (including phenoxy) is 1. The van der Waals surface area contributed by atoms with Gasteiger partial charge in [0.2, 0.25) is 11.8 Å². The van der Waals surface area contributed by atoms with Crippen molar-refractivity contribution in [2.24, 2.45) is 23.7 Å². The molecule has 2 aliphatic carbocycles. The van der Waals surface area contributed by atoms with Crippen molar-refractivity contribution >= 4 is 29.0 Å². The van der Waals surface area contributed by atoms with Crippen molar-refractivity contribution in [3.63, 3.8) is 0 Å². The maximum absolute atomic E-state index is 13.9. The topological polar surface area (TPSA) is 63.7 Å². The predicted octanol–water partition coefficient (Wildman–Crippen LogP) is 5.29. The van der Waals surface area contributed by atoms with Crippen molar-refractivity contribution in [1.29, 1.82) is 0 Å². The summed E-state index contributed by atoms with van der Waals surface area (Å²) in [5, 5.41) is 0. The van der Waals surface area contributed by atoms with Gasteiger partial charge < -0.3 is 4.74 Å². The molecule has 3 aromatic rings. The number of fused-ring (bicyclic) bond motifs is 5. The van der Waals surface area contributed by atoms with Crippen LogP contribution in [0.25, 0.3) is 5.57 Å². The van der Waals surface area contributed by atoms with Crippen molar-refractivity contribution in [2.75, 3.05) is 11.5 Å². The van der Waals surface area contributed by atoms with Gasteiger partial charge in [0.1, 0.15) is 0 Å². The second-order valence-corrected chi connectivity index (χ2v) is 9.30. The lowest BCUT2D eigenvalue weighted by Crippen LogP contribution is -2.34. The molecule has 1 saturated carbocycles. The van der Waals surface area contributed by atoms with Crippen LogP contribution in [0.5, 0.6) is 0 Å². The van der Waals surface area contributed by atoms with Gasteiger partial charge in [-0.3, -0.25) is 9.59 Å². The lowest BCUT2D eigenvalue weighted by molar-refractivity contribution is -0.122. The lowest BCUT2D eigenvalue weighted by atomic mass is 9.85. The first-order valence-electron chi connectivity index (χ1n) is 12.3. The van der Waals surface area contributed by atoms with Crippen LogP contribution >= 0.6 is 0 Å². The van der Waals surface area contributed by atoms with E-state index in [2.05, 4.69) is 36.4 Å². The minimum absolute atomic E-state index is 0.174. The first kappa shape index (κ1) is 22.2. The standard InChI is InChI=1S/C31H25NO4/c1-2-36-31(35)21-15-9-10-16-24(21)32-29(33)27-22-17-18-23(28(27)30(32)34)26(22)25(19-11-5-3-6-12-19)20-13-7-4-8-14-20/h3-18,22-23,27-28H,2H2,1H3/t22-,23-,27-,28+/m1/s1. The molecular formula is C31H25NO4. The first-order chi connectivity index (χ1) is 17.6. The number of esters is 1. The molecule has 1 heterocycles. The maximum Gasteiger partial charge on any atom is 0.340 e. The Hall–Kier alpha value is -4.25. The Morgan fingerprint density at radius 1 is 0.750 bits per heavy atom. The molecule has 5 heteroatoms. The number of carbonyl (C=O) groups is 3. The molecule has 1 aliphatic heterocycles. The fourth-order valence-corrected chi connectivity index (χ4v) is 6.09. The molecule has 2 amide bonds. The van der Waals surface area contributed by atoms with E-state index in [1.165, 1.54) is 4.90 Å². The fraction of sp³-hybridized carbons (Fsp3) is 0.194. The van der Waals surface area contributed by atoms with E-state index in [1.54, 1.807) is 31.2 Å². The fourth-order valence-electron chi connectivity index (χ4n) is 6.09. The Labute approximate surface area is 209 Å². The van der Waals surface area contributed by atoms with E-state index in [-0.39, 0.29) is 35.8 Å². The smallest absolute Gasteiger partial charge is 0.340 e. The molecule has 3 aromatic carbocycles. The molecule has 0 radical (unpaired) electrons. The van der Waals surface area contributed by atoms with Crippen LogP contribution in [0, 0.1) is 23.7 Å². The van der Waals surface area contributed by atoms with Crippen LogP contribution in [0.1, 0.15) is 28.4 Å². The molecule has 0 N–H and O–H groups in total. The largest absolute Gasteiger partial charge is 0.462 e. The van der Waals surface area contributed by atoms with Gasteiger partial charge in [-0.15, -0.1) is 0 Å². The number of anilines is 1. The predicted molar refractivity (Wildman–Crippen MR) is 137 cm³/mol. The number of allylic oxidation sites excluding steroid dienone is 3. The number of amides is 2. The third-order valence-corrected chi connectivity index (χ3v) is 7.47. The maximum atomic E-state index is 13.9. The molecule has 3 aliphatic rings. The summed E-state index contributed by atoms with van der Waals surface area (Å²) in [6.07, 6.45) is 4.16. The zero-order chi connectivity index (χ0) is 24.8. The zero-order valence-corrected chi connectivity index (χ0v) is 19.8. The van der Waals surface area contributed by atoms with E-state index < -0.39 is 17.8 Å². The number of carbonyl (C=O) groups excluding carboxylic acids is 3. The second-order valence-electron chi connectivity index (χ2n) is 9.30. The van der Waals surface area contributed by atoms with Crippen molar-refractivity contribution in [3.05, 3.63) is 119 Å². The third kappa shape index (κ3) is 3.27. The van der Waals surface area contributed by atoms with Crippen molar-refractivity contribution < 1.29 is 19.1 Å². The van der Waals surface area contributed by atoms with Crippen LogP contribution < -0.4 is 4.90 Å². The second kappa shape index (κ2) is 8.76. The minimum atomic E-state index is -0.539. The molecule has 2 fully saturated rings. The summed E-state index contributed by atoms with van der Waals surface area (Å²) in [4.78, 5) is 41.5. The summed E-state index contributed by atoms with van der Waals surface area (Å²) in [5.74, 6) is -2.37. The molecule has 2 bridgehead atoms. The summed E-state index contributed by atoms with van der Waals surface area (Å²) in [6.45, 7) is 1.94. The van der Waals surface area contributed by atoms with Crippen LogP contribution in [0.15, 0.2) is 103 Å². The molecule has 6 rings (SSSR count). The molecule has 0 unspecified atom stereocenters. The average Bonchev–Trinajstić information content (AvgIpc) is 3.54. The van der Waals surface area contributed by atoms with Gasteiger partial charge in [0.15, 0.2) is 0 Å². The third-order valence-electron chi connectivity index (χ3n) is 7.47. The Morgan fingerprint density at radius 2 is 1.25 bits per heavy atom. The highest BCUT2D eigenvalue weighted by Gasteiger charge is 2.62. The monoisotopic (exact) mass is 475 g/mol. The van der Waals surface area contributed by atoms with Gasteiger partial charge in [-0.25, -0.2) is 9.69 Å². The first-order valence-corrected chi connectivity index (χ1v) is 12.3. The summed E-state index contributed by atoms with van der Waals surface area (Å²) in [7, 11) is 0. The number of rotatable bonds is 5. The van der Waals surface area contributed by atoms with Gasteiger partial charge in [-0.1, -0.05) is 84.9 Å². The van der Waals surface area contributed by atoms with Crippen LogP contribution in [0.4, 0.5) is 5.69 Å². The summed E-state index contributed by atoms with van der Waals surface area (Å²) in [6, 6.07) is 27.0. The number of imide groups is 1. The Kier molecular flexibility index (Phi) is 5.41. The number of benzene rings is 3. The van der Waals surface area contributed by atoms with Crippen LogP contribution in [0.3, 0.4) is 0 Å². The van der Waals surface area contributed by atoms with E-state index in [1.807, 2.05) is 36.4 Å². The molecule has 0 spiro atoms. The van der Waals surface area contributed by atoms with Crippen molar-refractivity contribution in [2.45, 2.75) is 6.92 Å². The molecule has 178 valence electrons. The number of nitrogens with zero attached hydrogens (tertiary/aromatic N) is 1. The highest BCUT2D eigenvalue weighted by molar-refractivity contribution is 6.25. The number of hydrogen-bond acceptors (Lipinski definition) is 4. The SMILES string of the molecule is CCOC(=O)c1ccccc1N1C(=O)[C@@H]2[C@H](C1=O)[C@@H]1C=C[C@@H]2C1=C(c1ccccc1)c1ccccc1. The Bertz CT molecular complexity index is 1350. The quantitative estimate of drug-likeness (QED) is 0.286. The van der Waals surface area contributed by atoms with Gasteiger partial charge in [0.25, 0.3) is 0 Å². The Morgan fingerprint density at radius 3 is 1.78 bits per heavy atom. The molecule has 1 saturated heterocycles. The zero-order valence-electron chi connectivity index (χ0n) is 19.8. The number of hydrogen-bond donors (Lipinski definition) is 0. The van der Waals surface area contributed by atoms with Gasteiger partial charge in [-0.2, -0.15) is 0 Å². The van der Waals surface area contributed by atoms with E-state index >= 15 is 0 Å². The van der Waals surface area contributed by atoms with Gasteiger partial charge >= 0.3 is 5.97 Å². The molecule has 4 atom stereocenters. The van der Waals surface area contributed by atoms with Crippen LogP contribution in [-0.4, -0.2) is 24.4 Å². The summed E-state index contributed by atoms with van der Waals surface area (Å²) < 4.78 is 5.19.